The van der Waals surface area contributed by atoms with Crippen LogP contribution in [-0.4, -0.2) is 5.11 Å². The van der Waals surface area contributed by atoms with Gasteiger partial charge in [0.05, 0.1) is 0 Å². The molecule has 0 unspecified atom stereocenters. The summed E-state index contributed by atoms with van der Waals surface area (Å²) in [6, 6.07) is 29.6. The maximum absolute atomic E-state index is 9.90. The molecule has 4 aromatic rings. The van der Waals surface area contributed by atoms with Gasteiger partial charge in [-0.25, -0.2) is 0 Å². The van der Waals surface area contributed by atoms with Gasteiger partial charge in [0, 0.05) is 17.1 Å². The standard InChI is InChI=1S/C27H23NO/c1-18-3-8-22(9-4-18)28(23-10-5-19(2)6-11-23)24-12-14-26-21(16-24)15-20-7-13-25(29)17-27(20)26/h3-14,16-17,29H,15H2,1-2H3. The minimum Gasteiger partial charge on any atom is -0.508 e. The Morgan fingerprint density at radius 3 is 1.79 bits per heavy atom. The van der Waals surface area contributed by atoms with Gasteiger partial charge in [-0.1, -0.05) is 47.5 Å². The quantitative estimate of drug-likeness (QED) is 0.364. The average molecular weight is 377 g/mol. The molecule has 0 saturated heterocycles. The van der Waals surface area contributed by atoms with Crippen molar-refractivity contribution in [2.24, 2.45) is 0 Å². The van der Waals surface area contributed by atoms with E-state index in [2.05, 4.69) is 85.5 Å². The van der Waals surface area contributed by atoms with Gasteiger partial charge in [0.2, 0.25) is 0 Å². The van der Waals surface area contributed by atoms with Gasteiger partial charge < -0.3 is 10.0 Å². The van der Waals surface area contributed by atoms with Gasteiger partial charge in [-0.05, 0) is 91.1 Å². The van der Waals surface area contributed by atoms with Crippen molar-refractivity contribution >= 4 is 17.1 Å². The van der Waals surface area contributed by atoms with E-state index in [1.165, 1.54) is 27.8 Å². The summed E-state index contributed by atoms with van der Waals surface area (Å²) in [6.07, 6.45) is 0.897. The van der Waals surface area contributed by atoms with Crippen LogP contribution in [0.4, 0.5) is 17.1 Å². The van der Waals surface area contributed by atoms with Crippen LogP contribution in [0.5, 0.6) is 5.75 Å². The highest BCUT2D eigenvalue weighted by Crippen LogP contribution is 2.42. The highest BCUT2D eigenvalue weighted by molar-refractivity contribution is 5.83. The van der Waals surface area contributed by atoms with Crippen molar-refractivity contribution in [1.29, 1.82) is 0 Å². The van der Waals surface area contributed by atoms with Crippen LogP contribution in [0.25, 0.3) is 11.1 Å². The Balaban J connectivity index is 1.62. The lowest BCUT2D eigenvalue weighted by Gasteiger charge is -2.26. The van der Waals surface area contributed by atoms with Crippen LogP contribution in [0, 0.1) is 13.8 Å². The molecule has 0 aliphatic heterocycles. The molecular weight excluding hydrogens is 354 g/mol. The number of aromatic hydroxyl groups is 1. The number of rotatable bonds is 3. The van der Waals surface area contributed by atoms with Crippen molar-refractivity contribution < 1.29 is 5.11 Å². The smallest absolute Gasteiger partial charge is 0.116 e. The molecule has 0 heterocycles. The van der Waals surface area contributed by atoms with E-state index >= 15 is 0 Å². The zero-order valence-electron chi connectivity index (χ0n) is 16.7. The Labute approximate surface area is 171 Å². The summed E-state index contributed by atoms with van der Waals surface area (Å²) in [5.74, 6) is 0.321. The van der Waals surface area contributed by atoms with E-state index in [1.807, 2.05) is 12.1 Å². The molecule has 1 N–H and O–H groups in total. The predicted octanol–water partition coefficient (Wildman–Crippen LogP) is 7.05. The Hall–Kier alpha value is -3.52. The number of phenolic OH excluding ortho intramolecular Hbond substituents is 1. The first-order valence-electron chi connectivity index (χ1n) is 9.97. The molecule has 0 spiro atoms. The SMILES string of the molecule is Cc1ccc(N(c2ccc(C)cc2)c2ccc3c(c2)Cc2ccc(O)cc2-3)cc1. The van der Waals surface area contributed by atoms with Crippen molar-refractivity contribution in [3.63, 3.8) is 0 Å². The highest BCUT2D eigenvalue weighted by atomic mass is 16.3. The Bertz CT molecular complexity index is 1140. The molecule has 0 bridgehead atoms. The van der Waals surface area contributed by atoms with Gasteiger partial charge in [-0.15, -0.1) is 0 Å². The minimum absolute atomic E-state index is 0.321. The number of benzene rings is 4. The van der Waals surface area contributed by atoms with E-state index in [0.29, 0.717) is 5.75 Å². The molecule has 142 valence electrons. The zero-order valence-corrected chi connectivity index (χ0v) is 16.7. The van der Waals surface area contributed by atoms with Gasteiger partial charge in [0.15, 0.2) is 0 Å². The van der Waals surface area contributed by atoms with E-state index < -0.39 is 0 Å². The molecular formula is C27H23NO. The summed E-state index contributed by atoms with van der Waals surface area (Å²) >= 11 is 0. The average Bonchev–Trinajstić information content (AvgIpc) is 3.08. The Morgan fingerprint density at radius 1 is 0.586 bits per heavy atom. The van der Waals surface area contributed by atoms with Crippen LogP contribution in [0.1, 0.15) is 22.3 Å². The maximum Gasteiger partial charge on any atom is 0.116 e. The number of aryl methyl sites for hydroxylation is 2. The fourth-order valence-electron chi connectivity index (χ4n) is 4.14. The number of phenols is 1. The third-order valence-corrected chi connectivity index (χ3v) is 5.70. The molecule has 2 nitrogen and oxygen atoms in total. The summed E-state index contributed by atoms with van der Waals surface area (Å²) in [4.78, 5) is 2.31. The molecule has 0 saturated carbocycles. The van der Waals surface area contributed by atoms with Crippen molar-refractivity contribution in [2.45, 2.75) is 20.3 Å². The summed E-state index contributed by atoms with van der Waals surface area (Å²) in [6.45, 7) is 4.23. The van der Waals surface area contributed by atoms with Gasteiger partial charge in [0.1, 0.15) is 5.75 Å². The maximum atomic E-state index is 9.90. The second-order valence-corrected chi connectivity index (χ2v) is 7.87. The number of nitrogens with zero attached hydrogens (tertiary/aromatic N) is 1. The summed E-state index contributed by atoms with van der Waals surface area (Å²) in [7, 11) is 0. The largest absolute Gasteiger partial charge is 0.508 e. The zero-order chi connectivity index (χ0) is 20.0. The van der Waals surface area contributed by atoms with E-state index in [9.17, 15) is 5.11 Å². The molecule has 4 aromatic carbocycles. The van der Waals surface area contributed by atoms with Gasteiger partial charge >= 0.3 is 0 Å². The number of hydrogen-bond donors (Lipinski definition) is 1. The Morgan fingerprint density at radius 2 is 1.17 bits per heavy atom. The fourth-order valence-corrected chi connectivity index (χ4v) is 4.14. The molecule has 0 atom stereocenters. The minimum atomic E-state index is 0.321. The van der Waals surface area contributed by atoms with Gasteiger partial charge in [0.25, 0.3) is 0 Å². The second-order valence-electron chi connectivity index (χ2n) is 7.87. The lowest BCUT2D eigenvalue weighted by Crippen LogP contribution is -2.10. The van der Waals surface area contributed by atoms with Crippen LogP contribution in [-0.2, 0) is 6.42 Å². The molecule has 1 aliphatic carbocycles. The van der Waals surface area contributed by atoms with Crippen molar-refractivity contribution in [1.82, 2.24) is 0 Å². The molecule has 0 amide bonds. The number of fused-ring (bicyclic) bond motifs is 3. The van der Waals surface area contributed by atoms with Crippen molar-refractivity contribution in [2.75, 3.05) is 4.90 Å². The highest BCUT2D eigenvalue weighted by Gasteiger charge is 2.21. The fraction of sp³-hybridized carbons (Fsp3) is 0.111. The molecule has 0 radical (unpaired) electrons. The van der Waals surface area contributed by atoms with Gasteiger partial charge in [-0.2, -0.15) is 0 Å². The lowest BCUT2D eigenvalue weighted by molar-refractivity contribution is 0.475. The lowest BCUT2D eigenvalue weighted by atomic mass is 10.0. The monoisotopic (exact) mass is 377 g/mol. The summed E-state index contributed by atoms with van der Waals surface area (Å²) in [5.41, 5.74) is 10.9. The van der Waals surface area contributed by atoms with Crippen molar-refractivity contribution in [3.05, 3.63) is 107 Å². The van der Waals surface area contributed by atoms with Crippen LogP contribution >= 0.6 is 0 Å². The van der Waals surface area contributed by atoms with Crippen LogP contribution in [0.2, 0.25) is 0 Å². The molecule has 5 rings (SSSR count). The number of hydrogen-bond acceptors (Lipinski definition) is 2. The molecule has 2 heteroatoms. The first kappa shape index (κ1) is 17.6. The summed E-state index contributed by atoms with van der Waals surface area (Å²) in [5, 5.41) is 9.90. The molecule has 0 fully saturated rings. The van der Waals surface area contributed by atoms with Crippen LogP contribution < -0.4 is 4.90 Å². The van der Waals surface area contributed by atoms with Crippen LogP contribution in [0.15, 0.2) is 84.9 Å². The topological polar surface area (TPSA) is 23.5 Å². The first-order chi connectivity index (χ1) is 14.1. The second kappa shape index (κ2) is 6.82. The Kier molecular flexibility index (Phi) is 4.13. The normalized spacial score (nSPS) is 11.8. The van der Waals surface area contributed by atoms with E-state index in [0.717, 1.165) is 29.0 Å². The number of anilines is 3. The van der Waals surface area contributed by atoms with E-state index in [1.54, 1.807) is 6.07 Å². The molecule has 0 aromatic heterocycles. The van der Waals surface area contributed by atoms with Crippen molar-refractivity contribution in [3.8, 4) is 16.9 Å². The van der Waals surface area contributed by atoms with Gasteiger partial charge in [-0.3, -0.25) is 0 Å². The van der Waals surface area contributed by atoms with E-state index in [-0.39, 0.29) is 0 Å². The van der Waals surface area contributed by atoms with E-state index in [4.69, 9.17) is 0 Å². The predicted molar refractivity (Wildman–Crippen MR) is 121 cm³/mol. The third-order valence-electron chi connectivity index (χ3n) is 5.70. The third kappa shape index (κ3) is 3.17. The van der Waals surface area contributed by atoms with Crippen LogP contribution in [0.3, 0.4) is 0 Å². The molecule has 29 heavy (non-hydrogen) atoms. The first-order valence-corrected chi connectivity index (χ1v) is 9.97. The molecule has 1 aliphatic rings. The summed E-state index contributed by atoms with van der Waals surface area (Å²) < 4.78 is 0.